The van der Waals surface area contributed by atoms with Crippen LogP contribution in [0.5, 0.6) is 5.75 Å². The monoisotopic (exact) mass is 239 g/mol. The maximum absolute atomic E-state index is 13.0. The number of unbranched alkanes of at least 4 members (excludes halogenated alkanes) is 1. The van der Waals surface area contributed by atoms with Crippen molar-refractivity contribution in [3.8, 4) is 5.75 Å². The van der Waals surface area contributed by atoms with Crippen molar-refractivity contribution in [1.82, 2.24) is 5.32 Å². The van der Waals surface area contributed by atoms with Gasteiger partial charge in [-0.15, -0.1) is 0 Å². The first-order valence-corrected chi connectivity index (χ1v) is 5.76. The highest BCUT2D eigenvalue weighted by atomic mass is 19.1. The fourth-order valence-electron chi connectivity index (χ4n) is 1.50. The molecule has 1 rings (SSSR count). The molecule has 1 aromatic rings. The minimum absolute atomic E-state index is 0.0156. The summed E-state index contributed by atoms with van der Waals surface area (Å²) in [5.74, 6) is 0.240. The molecule has 0 atom stereocenters. The van der Waals surface area contributed by atoms with Crippen LogP contribution in [0.2, 0.25) is 0 Å². The van der Waals surface area contributed by atoms with Gasteiger partial charge in [0.2, 0.25) is 5.91 Å². The Morgan fingerprint density at radius 2 is 2.24 bits per heavy atom. The number of methoxy groups -OCH3 is 1. The van der Waals surface area contributed by atoms with E-state index in [4.69, 9.17) is 4.74 Å². The van der Waals surface area contributed by atoms with Crippen molar-refractivity contribution in [2.75, 3.05) is 7.11 Å². The molecule has 4 heteroatoms. The first-order chi connectivity index (χ1) is 8.17. The maximum atomic E-state index is 13.0. The average Bonchev–Trinajstić information content (AvgIpc) is 2.34. The van der Waals surface area contributed by atoms with Crippen molar-refractivity contribution < 1.29 is 13.9 Å². The fraction of sp³-hybridized carbons (Fsp3) is 0.462. The van der Waals surface area contributed by atoms with Gasteiger partial charge in [-0.2, -0.15) is 0 Å². The minimum atomic E-state index is -0.330. The van der Waals surface area contributed by atoms with E-state index in [9.17, 15) is 9.18 Å². The number of ether oxygens (including phenoxy) is 1. The molecule has 0 radical (unpaired) electrons. The van der Waals surface area contributed by atoms with E-state index in [1.54, 1.807) is 6.07 Å². The Labute approximate surface area is 101 Å². The van der Waals surface area contributed by atoms with Crippen LogP contribution in [-0.2, 0) is 11.3 Å². The van der Waals surface area contributed by atoms with Crippen LogP contribution in [0, 0.1) is 5.82 Å². The second-order valence-electron chi connectivity index (χ2n) is 3.84. The van der Waals surface area contributed by atoms with Gasteiger partial charge in [0.25, 0.3) is 0 Å². The molecule has 0 aliphatic rings. The molecule has 0 bridgehead atoms. The number of carbonyl (C=O) groups excluding carboxylic acids is 1. The van der Waals surface area contributed by atoms with Gasteiger partial charge in [0.15, 0.2) is 0 Å². The van der Waals surface area contributed by atoms with E-state index in [0.29, 0.717) is 24.3 Å². The normalized spacial score (nSPS) is 10.1. The highest BCUT2D eigenvalue weighted by Gasteiger charge is 2.06. The van der Waals surface area contributed by atoms with E-state index in [2.05, 4.69) is 5.32 Å². The largest absolute Gasteiger partial charge is 0.496 e. The fourth-order valence-corrected chi connectivity index (χ4v) is 1.50. The summed E-state index contributed by atoms with van der Waals surface area (Å²) in [6, 6.07) is 4.27. The lowest BCUT2D eigenvalue weighted by Crippen LogP contribution is -2.22. The SMILES string of the molecule is CCCCC(=O)NCc1cc(F)ccc1OC. The van der Waals surface area contributed by atoms with Crippen molar-refractivity contribution in [3.05, 3.63) is 29.6 Å². The summed E-state index contributed by atoms with van der Waals surface area (Å²) >= 11 is 0. The van der Waals surface area contributed by atoms with Crippen LogP contribution in [0.15, 0.2) is 18.2 Å². The average molecular weight is 239 g/mol. The summed E-state index contributed by atoms with van der Waals surface area (Å²) in [5.41, 5.74) is 0.650. The summed E-state index contributed by atoms with van der Waals surface area (Å²) in [4.78, 5) is 11.4. The second-order valence-corrected chi connectivity index (χ2v) is 3.84. The van der Waals surface area contributed by atoms with Gasteiger partial charge in [0, 0.05) is 18.5 Å². The predicted octanol–water partition coefficient (Wildman–Crippen LogP) is 2.64. The third kappa shape index (κ3) is 4.43. The van der Waals surface area contributed by atoms with Gasteiger partial charge < -0.3 is 10.1 Å². The van der Waals surface area contributed by atoms with E-state index in [1.807, 2.05) is 6.92 Å². The molecule has 1 N–H and O–H groups in total. The number of hydrogen-bond donors (Lipinski definition) is 1. The second kappa shape index (κ2) is 6.89. The Morgan fingerprint density at radius 3 is 2.88 bits per heavy atom. The van der Waals surface area contributed by atoms with Gasteiger partial charge in [-0.1, -0.05) is 13.3 Å². The van der Waals surface area contributed by atoms with Gasteiger partial charge in [-0.25, -0.2) is 4.39 Å². The van der Waals surface area contributed by atoms with Gasteiger partial charge in [-0.3, -0.25) is 4.79 Å². The number of nitrogens with one attached hydrogen (secondary N) is 1. The third-order valence-electron chi connectivity index (χ3n) is 2.48. The number of amides is 1. The molecule has 0 aliphatic carbocycles. The molecule has 0 aromatic heterocycles. The topological polar surface area (TPSA) is 38.3 Å². The molecule has 0 aliphatic heterocycles. The van der Waals surface area contributed by atoms with Crippen molar-refractivity contribution in [1.29, 1.82) is 0 Å². The number of hydrogen-bond acceptors (Lipinski definition) is 2. The summed E-state index contributed by atoms with van der Waals surface area (Å²) in [7, 11) is 1.52. The van der Waals surface area contributed by atoms with E-state index in [-0.39, 0.29) is 11.7 Å². The van der Waals surface area contributed by atoms with Crippen molar-refractivity contribution >= 4 is 5.91 Å². The summed E-state index contributed by atoms with van der Waals surface area (Å²) in [6.07, 6.45) is 2.36. The predicted molar refractivity (Wildman–Crippen MR) is 64.3 cm³/mol. The molecule has 0 saturated heterocycles. The Kier molecular flexibility index (Phi) is 5.46. The maximum Gasteiger partial charge on any atom is 0.220 e. The highest BCUT2D eigenvalue weighted by Crippen LogP contribution is 2.18. The smallest absolute Gasteiger partial charge is 0.220 e. The molecule has 0 unspecified atom stereocenters. The van der Waals surface area contributed by atoms with Gasteiger partial charge in [-0.05, 0) is 24.6 Å². The molecule has 17 heavy (non-hydrogen) atoms. The zero-order valence-corrected chi connectivity index (χ0v) is 10.3. The lowest BCUT2D eigenvalue weighted by Gasteiger charge is -2.09. The third-order valence-corrected chi connectivity index (χ3v) is 2.48. The van der Waals surface area contributed by atoms with Crippen LogP contribution in [0.4, 0.5) is 4.39 Å². The molecular weight excluding hydrogens is 221 g/mol. The molecule has 1 amide bonds. The first-order valence-electron chi connectivity index (χ1n) is 5.76. The summed E-state index contributed by atoms with van der Waals surface area (Å²) in [6.45, 7) is 2.33. The van der Waals surface area contributed by atoms with Crippen LogP contribution < -0.4 is 10.1 Å². The quantitative estimate of drug-likeness (QED) is 0.828. The van der Waals surface area contributed by atoms with Gasteiger partial charge in [0.05, 0.1) is 7.11 Å². The summed E-state index contributed by atoms with van der Waals surface area (Å²) in [5, 5.41) is 2.75. The lowest BCUT2D eigenvalue weighted by atomic mass is 10.2. The van der Waals surface area contributed by atoms with Gasteiger partial charge >= 0.3 is 0 Å². The highest BCUT2D eigenvalue weighted by molar-refractivity contribution is 5.75. The number of halogens is 1. The molecule has 0 spiro atoms. The number of benzene rings is 1. The van der Waals surface area contributed by atoms with Crippen LogP contribution in [0.1, 0.15) is 31.7 Å². The zero-order valence-electron chi connectivity index (χ0n) is 10.3. The molecule has 1 aromatic carbocycles. The van der Waals surface area contributed by atoms with Crippen LogP contribution in [0.3, 0.4) is 0 Å². The Hall–Kier alpha value is -1.58. The first kappa shape index (κ1) is 13.5. The van der Waals surface area contributed by atoms with Crippen molar-refractivity contribution in [2.24, 2.45) is 0 Å². The Balaban J connectivity index is 2.56. The molecule has 0 saturated carbocycles. The standard InChI is InChI=1S/C13H18FNO2/c1-3-4-5-13(16)15-9-10-8-11(14)6-7-12(10)17-2/h6-8H,3-5,9H2,1-2H3,(H,15,16). The molecule has 94 valence electrons. The zero-order chi connectivity index (χ0) is 12.7. The number of rotatable bonds is 6. The van der Waals surface area contributed by atoms with Crippen LogP contribution in [0.25, 0.3) is 0 Å². The molecular formula is C13H18FNO2. The van der Waals surface area contributed by atoms with E-state index in [0.717, 1.165) is 12.8 Å². The van der Waals surface area contributed by atoms with Crippen molar-refractivity contribution in [3.63, 3.8) is 0 Å². The molecule has 3 nitrogen and oxygen atoms in total. The van der Waals surface area contributed by atoms with Crippen molar-refractivity contribution in [2.45, 2.75) is 32.7 Å². The Morgan fingerprint density at radius 1 is 1.47 bits per heavy atom. The summed E-state index contributed by atoms with van der Waals surface area (Å²) < 4.78 is 18.1. The molecule has 0 fully saturated rings. The van der Waals surface area contributed by atoms with Gasteiger partial charge in [0.1, 0.15) is 11.6 Å². The van der Waals surface area contributed by atoms with E-state index in [1.165, 1.54) is 19.2 Å². The van der Waals surface area contributed by atoms with Crippen LogP contribution in [-0.4, -0.2) is 13.0 Å². The minimum Gasteiger partial charge on any atom is -0.496 e. The van der Waals surface area contributed by atoms with Crippen LogP contribution >= 0.6 is 0 Å². The molecule has 0 heterocycles. The van der Waals surface area contributed by atoms with E-state index >= 15 is 0 Å². The number of carbonyl (C=O) groups is 1. The van der Waals surface area contributed by atoms with E-state index < -0.39 is 0 Å². The lowest BCUT2D eigenvalue weighted by molar-refractivity contribution is -0.121. The Bertz CT molecular complexity index is 380.